The van der Waals surface area contributed by atoms with Gasteiger partial charge in [-0.3, -0.25) is 20.0 Å². The third kappa shape index (κ3) is 5.56. The summed E-state index contributed by atoms with van der Waals surface area (Å²) in [6.07, 6.45) is 3.69. The van der Waals surface area contributed by atoms with Gasteiger partial charge in [0.15, 0.2) is 0 Å². The van der Waals surface area contributed by atoms with Crippen molar-refractivity contribution in [1.82, 2.24) is 20.2 Å². The number of carbonyl (C=O) groups is 2. The van der Waals surface area contributed by atoms with Gasteiger partial charge in [0.2, 0.25) is 6.41 Å². The highest BCUT2D eigenvalue weighted by molar-refractivity contribution is 7.89. The Morgan fingerprint density at radius 1 is 1.08 bits per heavy atom. The highest BCUT2D eigenvalue weighted by Gasteiger charge is 2.32. The van der Waals surface area contributed by atoms with Crippen LogP contribution in [0, 0.1) is 0 Å². The van der Waals surface area contributed by atoms with Crippen LogP contribution in [0.5, 0.6) is 11.5 Å². The molecule has 0 fully saturated rings. The summed E-state index contributed by atoms with van der Waals surface area (Å²) in [5.41, 5.74) is 3.94. The lowest BCUT2D eigenvalue weighted by atomic mass is 9.98. The SMILES string of the molecule is COc1cc(OC)c(S(=O)(=O)NNC(=O)c2ccncc2)cc1C1=NN(C=O)C(c2ccc(Cl)cc2)C1. The Kier molecular flexibility index (Phi) is 7.71. The summed E-state index contributed by atoms with van der Waals surface area (Å²) in [6.45, 7) is 0. The Morgan fingerprint density at radius 3 is 2.38 bits per heavy atom. The predicted molar refractivity (Wildman–Crippen MR) is 135 cm³/mol. The summed E-state index contributed by atoms with van der Waals surface area (Å²) in [4.78, 5) is 29.7. The minimum atomic E-state index is -4.30. The fourth-order valence-electron chi connectivity index (χ4n) is 3.79. The Bertz CT molecular complexity index is 1450. The molecule has 37 heavy (non-hydrogen) atoms. The minimum absolute atomic E-state index is 0.0219. The van der Waals surface area contributed by atoms with Crippen LogP contribution in [0.3, 0.4) is 0 Å². The number of carbonyl (C=O) groups excluding carboxylic acids is 2. The topological polar surface area (TPSA) is 139 Å². The molecule has 0 spiro atoms. The quantitative estimate of drug-likeness (QED) is 0.312. The van der Waals surface area contributed by atoms with E-state index in [4.69, 9.17) is 21.1 Å². The number of hydrogen-bond donors (Lipinski definition) is 2. The third-order valence-electron chi connectivity index (χ3n) is 5.63. The monoisotopic (exact) mass is 543 g/mol. The Balaban J connectivity index is 1.67. The summed E-state index contributed by atoms with van der Waals surface area (Å²) in [7, 11) is -1.58. The molecule has 2 N–H and O–H groups in total. The van der Waals surface area contributed by atoms with E-state index in [1.165, 1.54) is 55.9 Å². The fraction of sp³-hybridized carbons (Fsp3) is 0.167. The van der Waals surface area contributed by atoms with Gasteiger partial charge in [0.25, 0.3) is 15.9 Å². The van der Waals surface area contributed by atoms with E-state index in [-0.39, 0.29) is 28.4 Å². The van der Waals surface area contributed by atoms with Crippen molar-refractivity contribution in [2.24, 2.45) is 5.10 Å². The summed E-state index contributed by atoms with van der Waals surface area (Å²) in [5, 5.41) is 6.20. The molecular weight excluding hydrogens is 522 g/mol. The van der Waals surface area contributed by atoms with E-state index in [1.54, 1.807) is 24.3 Å². The molecule has 13 heteroatoms. The number of sulfonamides is 1. The molecule has 3 aromatic rings. The van der Waals surface area contributed by atoms with Crippen LogP contribution < -0.4 is 19.7 Å². The van der Waals surface area contributed by atoms with Gasteiger partial charge in [-0.05, 0) is 35.9 Å². The predicted octanol–water partition coefficient (Wildman–Crippen LogP) is 2.68. The first-order chi connectivity index (χ1) is 17.8. The largest absolute Gasteiger partial charge is 0.496 e. The van der Waals surface area contributed by atoms with Crippen LogP contribution in [0.25, 0.3) is 0 Å². The molecule has 1 aliphatic heterocycles. The smallest absolute Gasteiger partial charge is 0.266 e. The van der Waals surface area contributed by atoms with Gasteiger partial charge < -0.3 is 9.47 Å². The van der Waals surface area contributed by atoms with E-state index in [9.17, 15) is 18.0 Å². The highest BCUT2D eigenvalue weighted by Crippen LogP contribution is 2.38. The summed E-state index contributed by atoms with van der Waals surface area (Å²) in [5.74, 6) is -0.407. The molecule has 2 heterocycles. The van der Waals surface area contributed by atoms with Crippen molar-refractivity contribution < 1.29 is 27.5 Å². The van der Waals surface area contributed by atoms with Crippen LogP contribution in [0.1, 0.15) is 33.9 Å². The second kappa shape index (κ2) is 10.9. The molecule has 0 aliphatic carbocycles. The van der Waals surface area contributed by atoms with E-state index in [0.717, 1.165) is 5.56 Å². The second-order valence-electron chi connectivity index (χ2n) is 7.80. The molecule has 0 saturated heterocycles. The summed E-state index contributed by atoms with van der Waals surface area (Å²) in [6, 6.07) is 12.2. The summed E-state index contributed by atoms with van der Waals surface area (Å²) < 4.78 is 37.1. The van der Waals surface area contributed by atoms with Crippen LogP contribution >= 0.6 is 11.6 Å². The van der Waals surface area contributed by atoms with Gasteiger partial charge in [0, 0.05) is 41.0 Å². The lowest BCUT2D eigenvalue weighted by Crippen LogP contribution is -2.41. The van der Waals surface area contributed by atoms with Gasteiger partial charge in [-0.25, -0.2) is 13.4 Å². The van der Waals surface area contributed by atoms with Crippen molar-refractivity contribution in [3.63, 3.8) is 0 Å². The van der Waals surface area contributed by atoms with Crippen LogP contribution in [-0.4, -0.2) is 50.7 Å². The van der Waals surface area contributed by atoms with Crippen LogP contribution in [0.15, 0.2) is 70.9 Å². The average Bonchev–Trinajstić information content (AvgIpc) is 3.36. The van der Waals surface area contributed by atoms with Crippen molar-refractivity contribution in [3.05, 3.63) is 82.6 Å². The number of benzene rings is 2. The maximum Gasteiger partial charge on any atom is 0.266 e. The Labute approximate surface area is 218 Å². The molecule has 1 aromatic heterocycles. The maximum atomic E-state index is 13.2. The van der Waals surface area contributed by atoms with E-state index in [1.807, 2.05) is 0 Å². The van der Waals surface area contributed by atoms with Crippen molar-refractivity contribution in [2.45, 2.75) is 17.4 Å². The molecule has 4 rings (SSSR count). The highest BCUT2D eigenvalue weighted by atomic mass is 35.5. The molecule has 1 aliphatic rings. The first kappa shape index (κ1) is 26.1. The maximum absolute atomic E-state index is 13.2. The van der Waals surface area contributed by atoms with E-state index < -0.39 is 22.0 Å². The van der Waals surface area contributed by atoms with E-state index >= 15 is 0 Å². The fourth-order valence-corrected chi connectivity index (χ4v) is 4.94. The number of nitrogens with zero attached hydrogens (tertiary/aromatic N) is 3. The molecular formula is C24H22ClN5O6S. The van der Waals surface area contributed by atoms with Crippen LogP contribution in [0.2, 0.25) is 5.02 Å². The summed E-state index contributed by atoms with van der Waals surface area (Å²) >= 11 is 5.99. The van der Waals surface area contributed by atoms with Crippen molar-refractivity contribution in [3.8, 4) is 11.5 Å². The number of amides is 2. The lowest BCUT2D eigenvalue weighted by Gasteiger charge is -2.17. The molecule has 0 saturated carbocycles. The number of ether oxygens (including phenoxy) is 2. The minimum Gasteiger partial charge on any atom is -0.496 e. The number of pyridine rings is 1. The second-order valence-corrected chi connectivity index (χ2v) is 9.89. The first-order valence-corrected chi connectivity index (χ1v) is 12.7. The van der Waals surface area contributed by atoms with Crippen molar-refractivity contribution in [1.29, 1.82) is 0 Å². The number of rotatable bonds is 9. The molecule has 2 amide bonds. The molecule has 0 bridgehead atoms. The van der Waals surface area contributed by atoms with E-state index in [2.05, 4.69) is 20.3 Å². The Hall–Kier alpha value is -4.00. The number of methoxy groups -OCH3 is 2. The average molecular weight is 544 g/mol. The number of halogens is 1. The molecule has 192 valence electrons. The molecule has 1 unspecified atom stereocenters. The van der Waals surface area contributed by atoms with Gasteiger partial charge in [-0.1, -0.05) is 23.7 Å². The van der Waals surface area contributed by atoms with E-state index in [0.29, 0.717) is 22.7 Å². The number of hydrazine groups is 1. The zero-order valence-corrected chi connectivity index (χ0v) is 21.3. The van der Waals surface area contributed by atoms with Crippen LogP contribution in [-0.2, 0) is 14.8 Å². The van der Waals surface area contributed by atoms with Gasteiger partial charge >= 0.3 is 0 Å². The lowest BCUT2D eigenvalue weighted by molar-refractivity contribution is -0.119. The number of hydrogen-bond acceptors (Lipinski definition) is 8. The van der Waals surface area contributed by atoms with Gasteiger partial charge in [0.1, 0.15) is 16.4 Å². The first-order valence-electron chi connectivity index (χ1n) is 10.8. The van der Waals surface area contributed by atoms with Gasteiger partial charge in [0.05, 0.1) is 26.0 Å². The number of nitrogens with one attached hydrogen (secondary N) is 2. The zero-order chi connectivity index (χ0) is 26.6. The Morgan fingerprint density at radius 2 is 1.76 bits per heavy atom. The molecule has 1 atom stereocenters. The van der Waals surface area contributed by atoms with Crippen LogP contribution in [0.4, 0.5) is 0 Å². The zero-order valence-electron chi connectivity index (χ0n) is 19.7. The van der Waals surface area contributed by atoms with Crippen molar-refractivity contribution in [2.75, 3.05) is 14.2 Å². The van der Waals surface area contributed by atoms with Gasteiger partial charge in [-0.15, -0.1) is 4.83 Å². The molecule has 0 radical (unpaired) electrons. The number of aromatic nitrogens is 1. The number of hydrazone groups is 1. The third-order valence-corrected chi connectivity index (χ3v) is 7.15. The molecule has 11 nitrogen and oxygen atoms in total. The standard InChI is InChI=1S/C24H22ClN5O6S/c1-35-21-13-22(36-2)23(37(33,34)29-27-24(32)16-7-9-26-10-8-16)11-18(21)19-12-20(30(14-31)28-19)15-3-5-17(25)6-4-15/h3-11,13-14,20,29H,12H2,1-2H3,(H,27,32). The normalized spacial score (nSPS) is 15.2. The van der Waals surface area contributed by atoms with Crippen molar-refractivity contribution >= 4 is 39.7 Å². The van der Waals surface area contributed by atoms with Gasteiger partial charge in [-0.2, -0.15) is 5.10 Å². The molecule has 2 aromatic carbocycles.